The van der Waals surface area contributed by atoms with E-state index in [0.717, 1.165) is 0 Å². The van der Waals surface area contributed by atoms with E-state index in [2.05, 4.69) is 5.32 Å². The molecule has 0 atom stereocenters. The first-order valence-corrected chi connectivity index (χ1v) is 7.43. The van der Waals surface area contributed by atoms with Crippen LogP contribution in [0.25, 0.3) is 0 Å². The number of carbonyl (C=O) groups excluding carboxylic acids is 2. The molecule has 1 N–H and O–H groups in total. The SMILES string of the molecule is Cn1cccc1C(=O)Oc1ccc(NC(=O)c2ccccc2)cc1. The van der Waals surface area contributed by atoms with Crippen molar-refractivity contribution in [2.24, 2.45) is 7.05 Å². The van der Waals surface area contributed by atoms with E-state index in [4.69, 9.17) is 4.74 Å². The first kappa shape index (κ1) is 15.6. The molecule has 0 aliphatic heterocycles. The molecule has 2 aromatic carbocycles. The van der Waals surface area contributed by atoms with E-state index >= 15 is 0 Å². The molecule has 120 valence electrons. The predicted octanol–water partition coefficient (Wildman–Crippen LogP) is 3.50. The number of ether oxygens (including phenoxy) is 1. The van der Waals surface area contributed by atoms with Crippen LogP contribution in [0.5, 0.6) is 5.75 Å². The number of esters is 1. The lowest BCUT2D eigenvalue weighted by Crippen LogP contribution is -2.13. The number of benzene rings is 2. The van der Waals surface area contributed by atoms with Crippen LogP contribution in [0, 0.1) is 0 Å². The van der Waals surface area contributed by atoms with Gasteiger partial charge in [0.2, 0.25) is 0 Å². The Morgan fingerprint density at radius 2 is 1.62 bits per heavy atom. The van der Waals surface area contributed by atoms with Gasteiger partial charge in [-0.15, -0.1) is 0 Å². The average Bonchev–Trinajstić information content (AvgIpc) is 3.03. The van der Waals surface area contributed by atoms with E-state index in [9.17, 15) is 9.59 Å². The Hall–Kier alpha value is -3.34. The third-order valence-corrected chi connectivity index (χ3v) is 3.51. The molecular formula is C19H16N2O3. The van der Waals surface area contributed by atoms with Crippen molar-refractivity contribution in [1.29, 1.82) is 0 Å². The number of aromatic nitrogens is 1. The number of amides is 1. The summed E-state index contributed by atoms with van der Waals surface area (Å²) in [5, 5.41) is 2.79. The van der Waals surface area contributed by atoms with Crippen LogP contribution >= 0.6 is 0 Å². The Balaban J connectivity index is 1.64. The summed E-state index contributed by atoms with van der Waals surface area (Å²) in [7, 11) is 1.78. The number of aryl methyl sites for hydroxylation is 1. The van der Waals surface area contributed by atoms with Gasteiger partial charge in [-0.05, 0) is 48.5 Å². The summed E-state index contributed by atoms with van der Waals surface area (Å²) in [6, 6.07) is 19.1. The number of anilines is 1. The fourth-order valence-corrected chi connectivity index (χ4v) is 2.23. The van der Waals surface area contributed by atoms with Gasteiger partial charge in [-0.1, -0.05) is 18.2 Å². The van der Waals surface area contributed by atoms with Crippen molar-refractivity contribution in [3.8, 4) is 5.75 Å². The zero-order valence-corrected chi connectivity index (χ0v) is 13.1. The molecule has 0 unspecified atom stereocenters. The van der Waals surface area contributed by atoms with Crippen molar-refractivity contribution in [1.82, 2.24) is 4.57 Å². The van der Waals surface area contributed by atoms with Gasteiger partial charge in [0.1, 0.15) is 11.4 Å². The standard InChI is InChI=1S/C19H16N2O3/c1-21-13-5-8-17(21)19(23)24-16-11-9-15(10-12-16)20-18(22)14-6-3-2-4-7-14/h2-13H,1H3,(H,20,22). The van der Waals surface area contributed by atoms with E-state index in [-0.39, 0.29) is 5.91 Å². The second-order valence-corrected chi connectivity index (χ2v) is 5.24. The van der Waals surface area contributed by atoms with Crippen LogP contribution in [0.15, 0.2) is 72.9 Å². The fraction of sp³-hybridized carbons (Fsp3) is 0.0526. The van der Waals surface area contributed by atoms with Crippen LogP contribution in [0.4, 0.5) is 5.69 Å². The summed E-state index contributed by atoms with van der Waals surface area (Å²) in [6.07, 6.45) is 1.78. The molecule has 5 heteroatoms. The topological polar surface area (TPSA) is 60.3 Å². The maximum atomic E-state index is 12.1. The van der Waals surface area contributed by atoms with Crippen molar-refractivity contribution >= 4 is 17.6 Å². The number of hydrogen-bond donors (Lipinski definition) is 1. The third-order valence-electron chi connectivity index (χ3n) is 3.51. The first-order valence-electron chi connectivity index (χ1n) is 7.43. The molecule has 24 heavy (non-hydrogen) atoms. The molecule has 0 saturated carbocycles. The van der Waals surface area contributed by atoms with E-state index < -0.39 is 5.97 Å². The van der Waals surface area contributed by atoms with E-state index in [1.165, 1.54) is 0 Å². The highest BCUT2D eigenvalue weighted by molar-refractivity contribution is 6.04. The van der Waals surface area contributed by atoms with Crippen LogP contribution in [-0.2, 0) is 7.05 Å². The van der Waals surface area contributed by atoms with E-state index in [1.54, 1.807) is 78.5 Å². The van der Waals surface area contributed by atoms with Crippen molar-refractivity contribution in [2.45, 2.75) is 0 Å². The molecule has 0 aliphatic rings. The van der Waals surface area contributed by atoms with Gasteiger partial charge in [0, 0.05) is 24.5 Å². The lowest BCUT2D eigenvalue weighted by atomic mass is 10.2. The van der Waals surface area contributed by atoms with Crippen molar-refractivity contribution < 1.29 is 14.3 Å². The molecule has 0 aliphatic carbocycles. The van der Waals surface area contributed by atoms with Gasteiger partial charge in [-0.25, -0.2) is 4.79 Å². The summed E-state index contributed by atoms with van der Waals surface area (Å²) in [6.45, 7) is 0. The summed E-state index contributed by atoms with van der Waals surface area (Å²) < 4.78 is 7.00. The van der Waals surface area contributed by atoms with Gasteiger partial charge in [0.15, 0.2) is 0 Å². The number of rotatable bonds is 4. The summed E-state index contributed by atoms with van der Waals surface area (Å²) >= 11 is 0. The molecule has 1 heterocycles. The van der Waals surface area contributed by atoms with Crippen LogP contribution in [0.2, 0.25) is 0 Å². The van der Waals surface area contributed by atoms with Gasteiger partial charge in [-0.3, -0.25) is 4.79 Å². The van der Waals surface area contributed by atoms with E-state index in [1.807, 2.05) is 6.07 Å². The molecule has 0 radical (unpaired) electrons. The Morgan fingerprint density at radius 3 is 2.25 bits per heavy atom. The number of nitrogens with zero attached hydrogens (tertiary/aromatic N) is 1. The van der Waals surface area contributed by atoms with Gasteiger partial charge in [0.05, 0.1) is 0 Å². The normalized spacial score (nSPS) is 10.2. The second-order valence-electron chi connectivity index (χ2n) is 5.24. The number of carbonyl (C=O) groups is 2. The maximum absolute atomic E-state index is 12.1. The molecule has 5 nitrogen and oxygen atoms in total. The average molecular weight is 320 g/mol. The molecule has 1 amide bonds. The summed E-state index contributed by atoms with van der Waals surface area (Å²) in [5.41, 5.74) is 1.68. The Labute approximate surface area is 139 Å². The van der Waals surface area contributed by atoms with Gasteiger partial charge < -0.3 is 14.6 Å². The molecule has 3 rings (SSSR count). The summed E-state index contributed by atoms with van der Waals surface area (Å²) in [4.78, 5) is 24.1. The zero-order chi connectivity index (χ0) is 16.9. The lowest BCUT2D eigenvalue weighted by molar-refractivity contribution is 0.0724. The molecule has 0 spiro atoms. The Bertz CT molecular complexity index is 852. The lowest BCUT2D eigenvalue weighted by Gasteiger charge is -2.08. The highest BCUT2D eigenvalue weighted by Crippen LogP contribution is 2.18. The molecule has 3 aromatic rings. The van der Waals surface area contributed by atoms with Gasteiger partial charge in [0.25, 0.3) is 5.91 Å². The molecule has 1 aromatic heterocycles. The molecule has 0 fully saturated rings. The summed E-state index contributed by atoms with van der Waals surface area (Å²) in [5.74, 6) is -0.202. The Morgan fingerprint density at radius 1 is 0.917 bits per heavy atom. The molecule has 0 saturated heterocycles. The van der Waals surface area contributed by atoms with Crippen LogP contribution in [0.1, 0.15) is 20.8 Å². The molecule has 0 bridgehead atoms. The monoisotopic (exact) mass is 320 g/mol. The number of nitrogens with one attached hydrogen (secondary N) is 1. The smallest absolute Gasteiger partial charge is 0.360 e. The van der Waals surface area contributed by atoms with Crippen LogP contribution in [-0.4, -0.2) is 16.4 Å². The zero-order valence-electron chi connectivity index (χ0n) is 13.1. The largest absolute Gasteiger partial charge is 0.422 e. The molecular weight excluding hydrogens is 304 g/mol. The highest BCUT2D eigenvalue weighted by atomic mass is 16.5. The van der Waals surface area contributed by atoms with Crippen molar-refractivity contribution in [2.75, 3.05) is 5.32 Å². The fourth-order valence-electron chi connectivity index (χ4n) is 2.23. The van der Waals surface area contributed by atoms with Crippen molar-refractivity contribution in [3.63, 3.8) is 0 Å². The van der Waals surface area contributed by atoms with E-state index in [0.29, 0.717) is 22.7 Å². The van der Waals surface area contributed by atoms with Crippen LogP contribution < -0.4 is 10.1 Å². The first-order chi connectivity index (χ1) is 11.6. The number of hydrogen-bond acceptors (Lipinski definition) is 3. The highest BCUT2D eigenvalue weighted by Gasteiger charge is 2.11. The van der Waals surface area contributed by atoms with Gasteiger partial charge >= 0.3 is 5.97 Å². The minimum Gasteiger partial charge on any atom is -0.422 e. The minimum absolute atomic E-state index is 0.191. The van der Waals surface area contributed by atoms with Crippen molar-refractivity contribution in [3.05, 3.63) is 84.2 Å². The quantitative estimate of drug-likeness (QED) is 0.591. The predicted molar refractivity (Wildman–Crippen MR) is 91.2 cm³/mol. The second kappa shape index (κ2) is 6.83. The van der Waals surface area contributed by atoms with Crippen LogP contribution in [0.3, 0.4) is 0 Å². The maximum Gasteiger partial charge on any atom is 0.360 e. The Kier molecular flexibility index (Phi) is 4.43. The minimum atomic E-state index is -0.427. The third kappa shape index (κ3) is 3.52. The van der Waals surface area contributed by atoms with Gasteiger partial charge in [-0.2, -0.15) is 0 Å².